The zero-order chi connectivity index (χ0) is 42.1. The number of allylic oxidation sites excluding steroid dienone is 3. The van der Waals surface area contributed by atoms with Crippen molar-refractivity contribution in [2.45, 2.75) is 182 Å². The molecule has 0 spiro atoms. The summed E-state index contributed by atoms with van der Waals surface area (Å²) in [5.41, 5.74) is 0. The number of hydrogen-bond acceptors (Lipinski definition) is 18. The first-order chi connectivity index (χ1) is 27.3. The number of nitrogens with one attached hydrogen (secondary N) is 1. The molecule has 12 N–H and O–H groups in total. The van der Waals surface area contributed by atoms with Crippen LogP contribution in [0.5, 0.6) is 0 Å². The number of amides is 1. The first-order valence-electron chi connectivity index (χ1n) is 20.1. The smallest absolute Gasteiger partial charge is 0.220 e. The topological polar surface area (TPSA) is 307 Å². The van der Waals surface area contributed by atoms with Crippen molar-refractivity contribution in [3.63, 3.8) is 0 Å². The monoisotopic (exact) mass is 825 g/mol. The van der Waals surface area contributed by atoms with Gasteiger partial charge >= 0.3 is 0 Å². The second-order valence-corrected chi connectivity index (χ2v) is 14.7. The maximum Gasteiger partial charge on any atom is 0.220 e. The van der Waals surface area contributed by atoms with Gasteiger partial charge in [0, 0.05) is 6.42 Å². The van der Waals surface area contributed by atoms with E-state index in [0.29, 0.717) is 12.8 Å². The second-order valence-electron chi connectivity index (χ2n) is 14.7. The van der Waals surface area contributed by atoms with Crippen molar-refractivity contribution in [1.29, 1.82) is 0 Å². The highest BCUT2D eigenvalue weighted by atomic mass is 16.8. The summed E-state index contributed by atoms with van der Waals surface area (Å²) in [5.74, 6) is -0.308. The SMILES string of the molecule is CCC/C=C/CC/C=C/C(O)C(COC1OC(CO)C(OC2OC(CO)C(OC3OC(CO)C(O)C(O)C3O)C(O)C2O)C(O)C1O)NC(=O)CCCCCCC. The molecule has 17 atom stereocenters. The number of aliphatic hydroxyl groups is 11. The lowest BCUT2D eigenvalue weighted by atomic mass is 9.96. The van der Waals surface area contributed by atoms with E-state index in [1.54, 1.807) is 12.2 Å². The number of ether oxygens (including phenoxy) is 6. The molecule has 57 heavy (non-hydrogen) atoms. The van der Waals surface area contributed by atoms with Crippen molar-refractivity contribution < 1.29 is 89.4 Å². The molecule has 1 amide bonds. The van der Waals surface area contributed by atoms with Crippen molar-refractivity contribution in [3.8, 4) is 0 Å². The molecule has 19 heteroatoms. The Morgan fingerprint density at radius 2 is 1.12 bits per heavy atom. The van der Waals surface area contributed by atoms with Crippen LogP contribution in [0.2, 0.25) is 0 Å². The van der Waals surface area contributed by atoms with Gasteiger partial charge < -0.3 is 89.9 Å². The minimum absolute atomic E-state index is 0.229. The molecule has 17 unspecified atom stereocenters. The molecule has 0 aromatic rings. The van der Waals surface area contributed by atoms with Gasteiger partial charge in [-0.25, -0.2) is 0 Å². The molecule has 0 aromatic heterocycles. The van der Waals surface area contributed by atoms with Gasteiger partial charge in [0.05, 0.1) is 38.6 Å². The maximum absolute atomic E-state index is 12.8. The van der Waals surface area contributed by atoms with Crippen molar-refractivity contribution in [3.05, 3.63) is 24.3 Å². The summed E-state index contributed by atoms with van der Waals surface area (Å²) in [6.45, 7) is 1.38. The lowest BCUT2D eigenvalue weighted by molar-refractivity contribution is -0.379. The first kappa shape index (κ1) is 49.6. The molecule has 0 bridgehead atoms. The third-order valence-electron chi connectivity index (χ3n) is 10.2. The van der Waals surface area contributed by atoms with E-state index in [-0.39, 0.29) is 18.9 Å². The number of rotatable bonds is 24. The van der Waals surface area contributed by atoms with Crippen molar-refractivity contribution in [2.24, 2.45) is 0 Å². The molecule has 332 valence electrons. The van der Waals surface area contributed by atoms with Crippen LogP contribution in [0.25, 0.3) is 0 Å². The van der Waals surface area contributed by atoms with Crippen LogP contribution >= 0.6 is 0 Å². The fraction of sp³-hybridized carbons (Fsp3) is 0.868. The summed E-state index contributed by atoms with van der Waals surface area (Å²) < 4.78 is 33.7. The number of aliphatic hydroxyl groups excluding tert-OH is 11. The molecule has 3 fully saturated rings. The van der Waals surface area contributed by atoms with Crippen LogP contribution in [-0.4, -0.2) is 193 Å². The molecule has 0 aromatic carbocycles. The first-order valence-corrected chi connectivity index (χ1v) is 20.1. The number of hydrogen-bond donors (Lipinski definition) is 12. The van der Waals surface area contributed by atoms with Gasteiger partial charge in [-0.1, -0.05) is 70.3 Å². The normalized spacial score (nSPS) is 37.5. The Hall–Kier alpha value is -1.73. The molecule has 0 aliphatic carbocycles. The van der Waals surface area contributed by atoms with Gasteiger partial charge in [-0.05, 0) is 25.7 Å². The van der Waals surface area contributed by atoms with E-state index in [2.05, 4.69) is 31.3 Å². The Labute approximate surface area is 333 Å². The lowest BCUT2D eigenvalue weighted by Gasteiger charge is -2.48. The minimum atomic E-state index is -1.97. The average molecular weight is 826 g/mol. The Bertz CT molecular complexity index is 1180. The summed E-state index contributed by atoms with van der Waals surface area (Å²) in [7, 11) is 0. The zero-order valence-corrected chi connectivity index (χ0v) is 32.8. The Kier molecular flexibility index (Phi) is 22.5. The molecular formula is C38H67NO18. The third-order valence-corrected chi connectivity index (χ3v) is 10.2. The van der Waals surface area contributed by atoms with Gasteiger partial charge in [0.15, 0.2) is 18.9 Å². The summed E-state index contributed by atoms with van der Waals surface area (Å²) in [5, 5.41) is 118. The highest BCUT2D eigenvalue weighted by molar-refractivity contribution is 5.76. The van der Waals surface area contributed by atoms with E-state index < -0.39 is 124 Å². The van der Waals surface area contributed by atoms with E-state index in [9.17, 15) is 61.0 Å². The summed E-state index contributed by atoms with van der Waals surface area (Å²) >= 11 is 0. The lowest BCUT2D eigenvalue weighted by Crippen LogP contribution is -2.66. The standard InChI is InChI=1S/C38H67NO18/c1-3-5-7-9-10-12-13-15-22(43)21(39-26(44)16-14-11-8-6-4-2)20-52-36-32(50)29(47)34(24(18-41)54-36)57-38-33(51)30(48)35(25(19-42)55-38)56-37-31(49)28(46)27(45)23(17-40)53-37/h7,9,13,15,21-25,27-38,40-43,45-51H,3-6,8,10-12,14,16-20H2,1-2H3,(H,39,44)/b9-7+,15-13+. The molecule has 3 aliphatic heterocycles. The minimum Gasteiger partial charge on any atom is -0.394 e. The van der Waals surface area contributed by atoms with Gasteiger partial charge in [0.2, 0.25) is 5.91 Å². The van der Waals surface area contributed by atoms with E-state index in [1.165, 1.54) is 0 Å². The average Bonchev–Trinajstić information content (AvgIpc) is 3.20. The van der Waals surface area contributed by atoms with Crippen molar-refractivity contribution in [2.75, 3.05) is 26.4 Å². The predicted octanol–water partition coefficient (Wildman–Crippen LogP) is -2.65. The quantitative estimate of drug-likeness (QED) is 0.0349. The molecule has 3 rings (SSSR count). The van der Waals surface area contributed by atoms with Crippen LogP contribution in [0.1, 0.15) is 78.1 Å². The highest BCUT2D eigenvalue weighted by Gasteiger charge is 2.53. The van der Waals surface area contributed by atoms with Gasteiger partial charge in [-0.15, -0.1) is 0 Å². The molecule has 0 saturated carbocycles. The van der Waals surface area contributed by atoms with E-state index in [4.69, 9.17) is 28.4 Å². The summed E-state index contributed by atoms with van der Waals surface area (Å²) in [6.07, 6.45) is -11.0. The molecule has 0 radical (unpaired) electrons. The zero-order valence-electron chi connectivity index (χ0n) is 32.8. The van der Waals surface area contributed by atoms with Gasteiger partial charge in [-0.3, -0.25) is 4.79 Å². The summed E-state index contributed by atoms with van der Waals surface area (Å²) in [6, 6.07) is -0.977. The predicted molar refractivity (Wildman–Crippen MR) is 199 cm³/mol. The second kappa shape index (κ2) is 25.8. The largest absolute Gasteiger partial charge is 0.394 e. The Balaban J connectivity index is 1.65. The Morgan fingerprint density at radius 3 is 1.70 bits per heavy atom. The number of unbranched alkanes of at least 4 members (excludes halogenated alkanes) is 6. The van der Waals surface area contributed by atoms with Crippen molar-refractivity contribution >= 4 is 5.91 Å². The van der Waals surface area contributed by atoms with Gasteiger partial charge in [0.25, 0.3) is 0 Å². The molecule has 19 nitrogen and oxygen atoms in total. The van der Waals surface area contributed by atoms with Crippen LogP contribution in [0.4, 0.5) is 0 Å². The van der Waals surface area contributed by atoms with Crippen LogP contribution in [0, 0.1) is 0 Å². The fourth-order valence-electron chi connectivity index (χ4n) is 6.74. The van der Waals surface area contributed by atoms with Gasteiger partial charge in [0.1, 0.15) is 73.2 Å². The van der Waals surface area contributed by atoms with Crippen LogP contribution in [-0.2, 0) is 33.2 Å². The van der Waals surface area contributed by atoms with Crippen LogP contribution in [0.3, 0.4) is 0 Å². The van der Waals surface area contributed by atoms with Crippen LogP contribution < -0.4 is 5.32 Å². The summed E-state index contributed by atoms with van der Waals surface area (Å²) in [4.78, 5) is 12.8. The van der Waals surface area contributed by atoms with Crippen molar-refractivity contribution in [1.82, 2.24) is 5.32 Å². The van der Waals surface area contributed by atoms with E-state index >= 15 is 0 Å². The van der Waals surface area contributed by atoms with Crippen LogP contribution in [0.15, 0.2) is 24.3 Å². The highest BCUT2D eigenvalue weighted by Crippen LogP contribution is 2.32. The number of carbonyl (C=O) groups is 1. The Morgan fingerprint density at radius 1 is 0.614 bits per heavy atom. The molecule has 3 aliphatic rings. The third kappa shape index (κ3) is 14.5. The fourth-order valence-corrected chi connectivity index (χ4v) is 6.74. The van der Waals surface area contributed by atoms with E-state index in [1.807, 2.05) is 0 Å². The maximum atomic E-state index is 12.8. The molecule has 3 heterocycles. The molecule has 3 saturated heterocycles. The van der Waals surface area contributed by atoms with Gasteiger partial charge in [-0.2, -0.15) is 0 Å². The van der Waals surface area contributed by atoms with E-state index in [0.717, 1.165) is 44.9 Å². The molecular weight excluding hydrogens is 758 g/mol. The number of carbonyl (C=O) groups excluding carboxylic acids is 1.